The van der Waals surface area contributed by atoms with Crippen molar-refractivity contribution >= 4 is 14.5 Å². The second kappa shape index (κ2) is 11.0. The van der Waals surface area contributed by atoms with Gasteiger partial charge < -0.3 is 19.5 Å². The molecule has 2 rings (SSSR count). The Labute approximate surface area is 172 Å². The standard InChI is InChI=1S/C18H31N6O4P/c1-6-14-15(10-16(27-14)23-11-21-17(20)22-18(23)25)28-29(26-9-7-8-19)24(12(2)3)13(4)5/h11-16H,6-7,9-10H2,1-5H3,(H2,20,22,25)/t14-,15?,16-,29?/m1/s1. The van der Waals surface area contributed by atoms with Gasteiger partial charge in [0.25, 0.3) is 8.53 Å². The van der Waals surface area contributed by atoms with Crippen molar-refractivity contribution in [1.82, 2.24) is 19.2 Å². The molecule has 0 aliphatic carbocycles. The molecule has 4 atom stereocenters. The lowest BCUT2D eigenvalue weighted by Crippen LogP contribution is -2.35. The van der Waals surface area contributed by atoms with Crippen LogP contribution in [-0.2, 0) is 13.8 Å². The van der Waals surface area contributed by atoms with E-state index in [0.29, 0.717) is 19.4 Å². The Balaban J connectivity index is 2.19. The summed E-state index contributed by atoms with van der Waals surface area (Å²) in [5, 5.41) is 8.86. The molecule has 0 amide bonds. The zero-order chi connectivity index (χ0) is 21.6. The minimum Gasteiger partial charge on any atom is -0.368 e. The number of hydrogen-bond acceptors (Lipinski definition) is 9. The van der Waals surface area contributed by atoms with Crippen LogP contribution in [0.3, 0.4) is 0 Å². The van der Waals surface area contributed by atoms with Gasteiger partial charge in [0.15, 0.2) is 0 Å². The first-order valence-electron chi connectivity index (χ1n) is 9.89. The minimum absolute atomic E-state index is 0.0667. The van der Waals surface area contributed by atoms with Crippen molar-refractivity contribution in [3.05, 3.63) is 16.8 Å². The number of nitrogens with zero attached hydrogens (tertiary/aromatic N) is 5. The van der Waals surface area contributed by atoms with E-state index in [1.54, 1.807) is 0 Å². The first-order valence-corrected chi connectivity index (χ1v) is 11.0. The average Bonchev–Trinajstić information content (AvgIpc) is 3.03. The van der Waals surface area contributed by atoms with E-state index in [1.165, 1.54) is 10.9 Å². The molecule has 0 spiro atoms. The van der Waals surface area contributed by atoms with Crippen LogP contribution >= 0.6 is 8.53 Å². The number of nitrogen functional groups attached to an aromatic ring is 1. The lowest BCUT2D eigenvalue weighted by molar-refractivity contribution is -0.0205. The van der Waals surface area contributed by atoms with Gasteiger partial charge in [-0.2, -0.15) is 10.2 Å². The van der Waals surface area contributed by atoms with Crippen LogP contribution in [0.25, 0.3) is 0 Å². The maximum Gasteiger partial charge on any atom is 0.354 e. The van der Waals surface area contributed by atoms with Crippen LogP contribution in [0.2, 0.25) is 0 Å². The Kier molecular flexibility index (Phi) is 8.93. The highest BCUT2D eigenvalue weighted by Crippen LogP contribution is 2.50. The van der Waals surface area contributed by atoms with Gasteiger partial charge in [0.05, 0.1) is 31.3 Å². The summed E-state index contributed by atoms with van der Waals surface area (Å²) < 4.78 is 22.0. The van der Waals surface area contributed by atoms with E-state index >= 15 is 0 Å². The summed E-state index contributed by atoms with van der Waals surface area (Å²) in [6.45, 7) is 10.7. The molecule has 162 valence electrons. The Morgan fingerprint density at radius 3 is 2.69 bits per heavy atom. The molecule has 1 aromatic heterocycles. The van der Waals surface area contributed by atoms with Crippen LogP contribution in [0.5, 0.6) is 0 Å². The molecule has 0 saturated carbocycles. The Morgan fingerprint density at radius 1 is 1.45 bits per heavy atom. The van der Waals surface area contributed by atoms with Crippen molar-refractivity contribution in [1.29, 1.82) is 5.26 Å². The fraction of sp³-hybridized carbons (Fsp3) is 0.778. The number of ether oxygens (including phenoxy) is 1. The molecule has 2 N–H and O–H groups in total. The SMILES string of the molecule is CC[C@H]1O[C@@H](n2cnc(N)nc2=O)CC1OP(OCCC#N)N(C(C)C)C(C)C. The first-order chi connectivity index (χ1) is 13.8. The van der Waals surface area contributed by atoms with E-state index in [1.807, 2.05) is 6.92 Å². The van der Waals surface area contributed by atoms with E-state index in [9.17, 15) is 4.79 Å². The summed E-state index contributed by atoms with van der Waals surface area (Å²) in [6.07, 6.45) is 1.85. The maximum atomic E-state index is 12.2. The second-order valence-electron chi connectivity index (χ2n) is 7.37. The van der Waals surface area contributed by atoms with Crippen molar-refractivity contribution in [3.8, 4) is 6.07 Å². The molecule has 0 radical (unpaired) electrons. The Bertz CT molecular complexity index is 745. The van der Waals surface area contributed by atoms with Gasteiger partial charge in [0, 0.05) is 18.5 Å². The summed E-state index contributed by atoms with van der Waals surface area (Å²) in [6, 6.07) is 2.50. The zero-order valence-electron chi connectivity index (χ0n) is 17.7. The maximum absolute atomic E-state index is 12.2. The first kappa shape index (κ1) is 23.6. The number of nitriles is 1. The van der Waals surface area contributed by atoms with Gasteiger partial charge in [-0.25, -0.2) is 14.4 Å². The summed E-state index contributed by atoms with van der Waals surface area (Å²) in [7, 11) is -1.40. The van der Waals surface area contributed by atoms with Crippen molar-refractivity contribution < 1.29 is 13.8 Å². The number of nitrogens with two attached hydrogens (primary N) is 1. The molecule has 11 heteroatoms. The highest BCUT2D eigenvalue weighted by molar-refractivity contribution is 7.44. The molecule has 0 aromatic carbocycles. The van der Waals surface area contributed by atoms with E-state index in [4.69, 9.17) is 24.8 Å². The largest absolute Gasteiger partial charge is 0.368 e. The zero-order valence-corrected chi connectivity index (χ0v) is 18.6. The predicted octanol–water partition coefficient (Wildman–Crippen LogP) is 2.58. The fourth-order valence-electron chi connectivity index (χ4n) is 3.31. The van der Waals surface area contributed by atoms with Gasteiger partial charge in [-0.15, -0.1) is 0 Å². The molecule has 1 aliphatic rings. The quantitative estimate of drug-likeness (QED) is 0.443. The van der Waals surface area contributed by atoms with Crippen LogP contribution in [0, 0.1) is 11.3 Å². The van der Waals surface area contributed by atoms with Crippen molar-refractivity contribution in [2.75, 3.05) is 12.3 Å². The third kappa shape index (κ3) is 6.17. The lowest BCUT2D eigenvalue weighted by atomic mass is 10.1. The fourth-order valence-corrected chi connectivity index (χ4v) is 5.07. The molecule has 0 bridgehead atoms. The van der Waals surface area contributed by atoms with Crippen LogP contribution in [-0.4, -0.2) is 50.1 Å². The van der Waals surface area contributed by atoms with E-state index in [0.717, 1.165) is 6.42 Å². The molecule has 10 nitrogen and oxygen atoms in total. The van der Waals surface area contributed by atoms with Gasteiger partial charge in [0.1, 0.15) is 12.6 Å². The topological polar surface area (TPSA) is 129 Å². The smallest absolute Gasteiger partial charge is 0.354 e. The van der Waals surface area contributed by atoms with Crippen LogP contribution in [0.4, 0.5) is 5.95 Å². The molecule has 29 heavy (non-hydrogen) atoms. The monoisotopic (exact) mass is 426 g/mol. The van der Waals surface area contributed by atoms with Crippen molar-refractivity contribution in [2.24, 2.45) is 0 Å². The minimum atomic E-state index is -1.40. The molecule has 1 aliphatic heterocycles. The van der Waals surface area contributed by atoms with Gasteiger partial charge >= 0.3 is 5.69 Å². The summed E-state index contributed by atoms with van der Waals surface area (Å²) in [5.74, 6) is -0.0667. The molecular formula is C18H31N6O4P. The number of rotatable bonds is 10. The summed E-state index contributed by atoms with van der Waals surface area (Å²) in [4.78, 5) is 19.7. The highest BCUT2D eigenvalue weighted by Gasteiger charge is 2.40. The number of aromatic nitrogens is 3. The van der Waals surface area contributed by atoms with Crippen LogP contribution in [0.1, 0.15) is 60.1 Å². The summed E-state index contributed by atoms with van der Waals surface area (Å²) >= 11 is 0. The van der Waals surface area contributed by atoms with Crippen molar-refractivity contribution in [2.45, 2.75) is 84.4 Å². The Morgan fingerprint density at radius 2 is 2.14 bits per heavy atom. The normalized spacial score (nSPS) is 23.1. The van der Waals surface area contributed by atoms with Gasteiger partial charge in [-0.1, -0.05) is 6.92 Å². The predicted molar refractivity (Wildman–Crippen MR) is 110 cm³/mol. The van der Waals surface area contributed by atoms with E-state index in [2.05, 4.69) is 48.4 Å². The molecule has 2 heterocycles. The molecule has 2 unspecified atom stereocenters. The summed E-state index contributed by atoms with van der Waals surface area (Å²) in [5.41, 5.74) is 4.97. The third-order valence-corrected chi connectivity index (χ3v) is 6.68. The van der Waals surface area contributed by atoms with Gasteiger partial charge in [0.2, 0.25) is 5.95 Å². The van der Waals surface area contributed by atoms with Gasteiger partial charge in [-0.3, -0.25) is 4.57 Å². The molecular weight excluding hydrogens is 395 g/mol. The van der Waals surface area contributed by atoms with Gasteiger partial charge in [-0.05, 0) is 34.1 Å². The Hall–Kier alpha value is -1.63. The lowest BCUT2D eigenvalue weighted by Gasteiger charge is -2.37. The van der Waals surface area contributed by atoms with Crippen molar-refractivity contribution in [3.63, 3.8) is 0 Å². The third-order valence-electron chi connectivity index (χ3n) is 4.53. The molecule has 1 fully saturated rings. The highest BCUT2D eigenvalue weighted by atomic mass is 31.2. The van der Waals surface area contributed by atoms with Crippen LogP contribution in [0.15, 0.2) is 11.1 Å². The van der Waals surface area contributed by atoms with E-state index in [-0.39, 0.29) is 30.2 Å². The molecule has 1 aromatic rings. The van der Waals surface area contributed by atoms with E-state index < -0.39 is 20.4 Å². The number of anilines is 1. The number of hydrogen-bond donors (Lipinski definition) is 1. The van der Waals surface area contributed by atoms with Crippen LogP contribution < -0.4 is 11.4 Å². The molecule has 1 saturated heterocycles. The second-order valence-corrected chi connectivity index (χ2v) is 8.77. The average molecular weight is 426 g/mol.